The maximum absolute atomic E-state index is 12.0. The van der Waals surface area contributed by atoms with E-state index in [0.717, 1.165) is 19.4 Å². The third-order valence-corrected chi connectivity index (χ3v) is 3.55. The first-order chi connectivity index (χ1) is 9.08. The molecule has 2 rings (SSSR count). The van der Waals surface area contributed by atoms with Crippen molar-refractivity contribution >= 4 is 12.0 Å². The van der Waals surface area contributed by atoms with E-state index in [1.54, 1.807) is 7.05 Å². The quantitative estimate of drug-likeness (QED) is 0.746. The van der Waals surface area contributed by atoms with Gasteiger partial charge in [0.2, 0.25) is 0 Å². The molecule has 2 saturated heterocycles. The number of nitrogens with one attached hydrogen (secondary N) is 1. The summed E-state index contributed by atoms with van der Waals surface area (Å²) in [6.07, 6.45) is 2.07. The Hall–Kier alpha value is -1.34. The van der Waals surface area contributed by atoms with E-state index in [2.05, 4.69) is 5.32 Å². The van der Waals surface area contributed by atoms with Gasteiger partial charge in [-0.3, -0.25) is 4.79 Å². The molecular weight excluding hydrogens is 252 g/mol. The number of hydrogen-bond donors (Lipinski definition) is 2. The molecule has 108 valence electrons. The van der Waals surface area contributed by atoms with E-state index in [0.29, 0.717) is 6.54 Å². The summed E-state index contributed by atoms with van der Waals surface area (Å²) in [4.78, 5) is 24.5. The number of aliphatic carboxylic acids is 1. The van der Waals surface area contributed by atoms with Crippen molar-refractivity contribution in [1.82, 2.24) is 10.2 Å². The zero-order chi connectivity index (χ0) is 13.8. The van der Waals surface area contributed by atoms with Crippen LogP contribution < -0.4 is 5.32 Å². The number of carboxylic acid groups (broad SMARTS) is 1. The second-order valence-electron chi connectivity index (χ2n) is 5.05. The van der Waals surface area contributed by atoms with Crippen LogP contribution in [0.4, 0.5) is 4.79 Å². The molecule has 2 amide bonds. The van der Waals surface area contributed by atoms with Crippen LogP contribution in [0.1, 0.15) is 12.8 Å². The molecule has 7 heteroatoms. The van der Waals surface area contributed by atoms with Crippen molar-refractivity contribution in [2.24, 2.45) is 5.92 Å². The van der Waals surface area contributed by atoms with E-state index in [4.69, 9.17) is 14.6 Å². The largest absolute Gasteiger partial charge is 0.481 e. The van der Waals surface area contributed by atoms with Crippen LogP contribution >= 0.6 is 0 Å². The van der Waals surface area contributed by atoms with Gasteiger partial charge in [0.05, 0.1) is 25.4 Å². The Morgan fingerprint density at radius 3 is 2.84 bits per heavy atom. The summed E-state index contributed by atoms with van der Waals surface area (Å²) in [5.41, 5.74) is 0. The van der Waals surface area contributed by atoms with Gasteiger partial charge in [-0.2, -0.15) is 0 Å². The first kappa shape index (κ1) is 14.1. The highest BCUT2D eigenvalue weighted by Crippen LogP contribution is 2.15. The number of amides is 2. The number of urea groups is 1. The van der Waals surface area contributed by atoms with Crippen molar-refractivity contribution < 1.29 is 24.2 Å². The van der Waals surface area contributed by atoms with Gasteiger partial charge in [-0.1, -0.05) is 0 Å². The third-order valence-electron chi connectivity index (χ3n) is 3.55. The lowest BCUT2D eigenvalue weighted by atomic mass is 10.0. The molecule has 0 aromatic carbocycles. The first-order valence-electron chi connectivity index (χ1n) is 6.51. The summed E-state index contributed by atoms with van der Waals surface area (Å²) in [6.45, 7) is 1.67. The van der Waals surface area contributed by atoms with Gasteiger partial charge in [-0.25, -0.2) is 4.79 Å². The smallest absolute Gasteiger partial charge is 0.317 e. The molecule has 0 aliphatic carbocycles. The van der Waals surface area contributed by atoms with E-state index in [-0.39, 0.29) is 25.3 Å². The van der Waals surface area contributed by atoms with E-state index in [9.17, 15) is 9.59 Å². The highest BCUT2D eigenvalue weighted by Gasteiger charge is 2.35. The van der Waals surface area contributed by atoms with Crippen molar-refractivity contribution in [3.63, 3.8) is 0 Å². The summed E-state index contributed by atoms with van der Waals surface area (Å²) in [6, 6.07) is -0.741. The second kappa shape index (κ2) is 6.21. The fourth-order valence-electron chi connectivity index (χ4n) is 2.39. The molecule has 3 unspecified atom stereocenters. The monoisotopic (exact) mass is 272 g/mol. The lowest BCUT2D eigenvalue weighted by Gasteiger charge is -2.24. The Balaban J connectivity index is 1.80. The van der Waals surface area contributed by atoms with Crippen LogP contribution in [0.2, 0.25) is 0 Å². The molecule has 0 aromatic rings. The van der Waals surface area contributed by atoms with Crippen LogP contribution in [0.5, 0.6) is 0 Å². The van der Waals surface area contributed by atoms with Crippen LogP contribution in [-0.4, -0.2) is 67.6 Å². The number of rotatable bonds is 4. The van der Waals surface area contributed by atoms with Crippen molar-refractivity contribution in [2.45, 2.75) is 25.0 Å². The molecular formula is C12H20N2O5. The fraction of sp³-hybridized carbons (Fsp3) is 0.833. The Kier molecular flexibility index (Phi) is 4.60. The predicted octanol–water partition coefficient (Wildman–Crippen LogP) is -0.0936. The van der Waals surface area contributed by atoms with Gasteiger partial charge in [0, 0.05) is 20.2 Å². The SMILES string of the molecule is CN(CC1CCCO1)C(=O)NC1COCC1C(=O)O. The number of carboxylic acids is 1. The Bertz CT molecular complexity index is 343. The molecule has 2 aliphatic rings. The number of carbonyl (C=O) groups excluding carboxylic acids is 1. The summed E-state index contributed by atoms with van der Waals surface area (Å²) >= 11 is 0. The minimum Gasteiger partial charge on any atom is -0.481 e. The summed E-state index contributed by atoms with van der Waals surface area (Å²) < 4.78 is 10.6. The molecule has 0 saturated carbocycles. The topological polar surface area (TPSA) is 88.1 Å². The maximum Gasteiger partial charge on any atom is 0.317 e. The number of likely N-dealkylation sites (N-methyl/N-ethyl adjacent to an activating group) is 1. The van der Waals surface area contributed by atoms with Crippen LogP contribution in [0, 0.1) is 5.92 Å². The zero-order valence-electron chi connectivity index (χ0n) is 11.0. The summed E-state index contributed by atoms with van der Waals surface area (Å²) in [5.74, 6) is -1.61. The maximum atomic E-state index is 12.0. The average molecular weight is 272 g/mol. The minimum atomic E-state index is -0.940. The lowest BCUT2D eigenvalue weighted by Crippen LogP contribution is -2.49. The molecule has 0 radical (unpaired) electrons. The van der Waals surface area contributed by atoms with Crippen molar-refractivity contribution in [3.05, 3.63) is 0 Å². The van der Waals surface area contributed by atoms with Crippen LogP contribution in [0.3, 0.4) is 0 Å². The molecule has 2 heterocycles. The Labute approximate surface area is 111 Å². The summed E-state index contributed by atoms with van der Waals surface area (Å²) in [7, 11) is 1.68. The highest BCUT2D eigenvalue weighted by molar-refractivity contribution is 5.77. The zero-order valence-corrected chi connectivity index (χ0v) is 11.0. The van der Waals surface area contributed by atoms with Crippen LogP contribution in [-0.2, 0) is 14.3 Å². The van der Waals surface area contributed by atoms with Gasteiger partial charge >= 0.3 is 12.0 Å². The standard InChI is InChI=1S/C12H20N2O5/c1-14(5-8-3-2-4-19-8)12(17)13-10-7-18-6-9(10)11(15)16/h8-10H,2-7H2,1H3,(H,13,17)(H,15,16). The third kappa shape index (κ3) is 3.57. The molecule has 0 bridgehead atoms. The van der Waals surface area contributed by atoms with E-state index < -0.39 is 17.9 Å². The number of ether oxygens (including phenoxy) is 2. The number of hydrogen-bond acceptors (Lipinski definition) is 4. The highest BCUT2D eigenvalue weighted by atomic mass is 16.5. The van der Waals surface area contributed by atoms with Gasteiger partial charge in [0.1, 0.15) is 5.92 Å². The van der Waals surface area contributed by atoms with Gasteiger partial charge in [-0.15, -0.1) is 0 Å². The Morgan fingerprint density at radius 1 is 1.42 bits per heavy atom. The van der Waals surface area contributed by atoms with Crippen LogP contribution in [0.15, 0.2) is 0 Å². The first-order valence-corrected chi connectivity index (χ1v) is 6.51. The summed E-state index contributed by atoms with van der Waals surface area (Å²) in [5, 5.41) is 11.7. The van der Waals surface area contributed by atoms with Gasteiger partial charge in [0.25, 0.3) is 0 Å². The Morgan fingerprint density at radius 2 is 2.21 bits per heavy atom. The molecule has 0 aromatic heterocycles. The van der Waals surface area contributed by atoms with E-state index >= 15 is 0 Å². The molecule has 0 spiro atoms. The number of nitrogens with zero attached hydrogens (tertiary/aromatic N) is 1. The molecule has 2 aliphatic heterocycles. The van der Waals surface area contributed by atoms with Gasteiger partial charge < -0.3 is 24.8 Å². The van der Waals surface area contributed by atoms with Gasteiger partial charge in [-0.05, 0) is 12.8 Å². The predicted molar refractivity (Wildman–Crippen MR) is 65.9 cm³/mol. The van der Waals surface area contributed by atoms with Crippen molar-refractivity contribution in [3.8, 4) is 0 Å². The minimum absolute atomic E-state index is 0.0887. The molecule has 7 nitrogen and oxygen atoms in total. The normalized spacial score (nSPS) is 30.3. The van der Waals surface area contributed by atoms with E-state index in [1.165, 1.54) is 4.90 Å². The van der Waals surface area contributed by atoms with Crippen molar-refractivity contribution in [1.29, 1.82) is 0 Å². The second-order valence-corrected chi connectivity index (χ2v) is 5.05. The molecule has 2 N–H and O–H groups in total. The molecule has 3 atom stereocenters. The molecule has 2 fully saturated rings. The van der Waals surface area contributed by atoms with Crippen LogP contribution in [0.25, 0.3) is 0 Å². The van der Waals surface area contributed by atoms with Crippen molar-refractivity contribution in [2.75, 3.05) is 33.4 Å². The average Bonchev–Trinajstić information content (AvgIpc) is 2.99. The van der Waals surface area contributed by atoms with Gasteiger partial charge in [0.15, 0.2) is 0 Å². The molecule has 19 heavy (non-hydrogen) atoms. The number of carbonyl (C=O) groups is 2. The fourth-order valence-corrected chi connectivity index (χ4v) is 2.39. The lowest BCUT2D eigenvalue weighted by molar-refractivity contribution is -0.142. The van der Waals surface area contributed by atoms with E-state index in [1.807, 2.05) is 0 Å².